The zero-order valence-electron chi connectivity index (χ0n) is 15.0. The Kier molecular flexibility index (Phi) is 6.58. The molecule has 1 atom stereocenters. The van der Waals surface area contributed by atoms with Gasteiger partial charge in [0.15, 0.2) is 5.16 Å². The first-order valence-corrected chi connectivity index (χ1v) is 9.84. The molecule has 7 heteroatoms. The molecular weight excluding hydrogens is 332 g/mol. The number of thioether (sulfide) groups is 1. The fourth-order valence-electron chi connectivity index (χ4n) is 2.79. The highest BCUT2D eigenvalue weighted by Crippen LogP contribution is 2.21. The van der Waals surface area contributed by atoms with E-state index in [2.05, 4.69) is 43.6 Å². The van der Waals surface area contributed by atoms with E-state index in [4.69, 9.17) is 0 Å². The normalized spacial score (nSPS) is 17.3. The predicted octanol–water partition coefficient (Wildman–Crippen LogP) is 2.87. The Morgan fingerprint density at radius 1 is 1.04 bits per heavy atom. The molecule has 0 bridgehead atoms. The summed E-state index contributed by atoms with van der Waals surface area (Å²) >= 11 is 1.74. The van der Waals surface area contributed by atoms with Crippen LogP contribution in [0.4, 0.5) is 5.95 Å². The van der Waals surface area contributed by atoms with E-state index in [1.807, 2.05) is 18.5 Å². The molecule has 3 heterocycles. The van der Waals surface area contributed by atoms with Crippen LogP contribution in [0.2, 0.25) is 0 Å². The molecule has 25 heavy (non-hydrogen) atoms. The monoisotopic (exact) mass is 358 g/mol. The number of aromatic nitrogens is 4. The van der Waals surface area contributed by atoms with Gasteiger partial charge in [-0.05, 0) is 18.9 Å². The van der Waals surface area contributed by atoms with E-state index in [0.29, 0.717) is 5.25 Å². The summed E-state index contributed by atoms with van der Waals surface area (Å²) in [6.07, 6.45) is 9.80. The molecular formula is C18H26N6S. The zero-order valence-corrected chi connectivity index (χ0v) is 15.8. The van der Waals surface area contributed by atoms with Crippen LogP contribution in [0.25, 0.3) is 0 Å². The molecule has 1 aliphatic heterocycles. The molecule has 1 fully saturated rings. The molecule has 0 aromatic carbocycles. The maximum absolute atomic E-state index is 4.51. The fraction of sp³-hybridized carbons (Fsp3) is 0.556. The first-order valence-electron chi connectivity index (χ1n) is 8.96. The molecule has 0 radical (unpaired) electrons. The fourth-order valence-corrected chi connectivity index (χ4v) is 3.54. The van der Waals surface area contributed by atoms with Gasteiger partial charge in [0, 0.05) is 68.3 Å². The van der Waals surface area contributed by atoms with Crippen LogP contribution in [0, 0.1) is 0 Å². The maximum atomic E-state index is 4.51. The lowest BCUT2D eigenvalue weighted by atomic mass is 10.3. The van der Waals surface area contributed by atoms with Crippen molar-refractivity contribution in [3.63, 3.8) is 0 Å². The van der Waals surface area contributed by atoms with Gasteiger partial charge in [-0.25, -0.2) is 19.9 Å². The second-order valence-electron chi connectivity index (χ2n) is 6.38. The van der Waals surface area contributed by atoms with E-state index in [1.165, 1.54) is 5.56 Å². The summed E-state index contributed by atoms with van der Waals surface area (Å²) in [6.45, 7) is 9.33. The predicted molar refractivity (Wildman–Crippen MR) is 102 cm³/mol. The molecule has 2 aromatic heterocycles. The number of anilines is 1. The summed E-state index contributed by atoms with van der Waals surface area (Å²) in [5.74, 6) is 0.833. The second kappa shape index (κ2) is 9.10. The third-order valence-corrected chi connectivity index (χ3v) is 5.55. The Balaban J connectivity index is 1.53. The average Bonchev–Trinajstić information content (AvgIpc) is 2.89. The van der Waals surface area contributed by atoms with Crippen molar-refractivity contribution in [2.24, 2.45) is 0 Å². The largest absolute Gasteiger partial charge is 0.339 e. The maximum Gasteiger partial charge on any atom is 0.225 e. The van der Waals surface area contributed by atoms with Crippen molar-refractivity contribution < 1.29 is 0 Å². The highest BCUT2D eigenvalue weighted by molar-refractivity contribution is 7.99. The van der Waals surface area contributed by atoms with Gasteiger partial charge in [-0.1, -0.05) is 25.6 Å². The Bertz CT molecular complexity index is 636. The molecule has 1 saturated heterocycles. The second-order valence-corrected chi connectivity index (χ2v) is 7.78. The zero-order chi connectivity index (χ0) is 17.5. The van der Waals surface area contributed by atoms with Crippen LogP contribution in [0.15, 0.2) is 36.0 Å². The lowest BCUT2D eigenvalue weighted by Crippen LogP contribution is -2.31. The van der Waals surface area contributed by atoms with Crippen molar-refractivity contribution in [2.45, 2.75) is 43.6 Å². The lowest BCUT2D eigenvalue weighted by Gasteiger charge is -2.21. The average molecular weight is 359 g/mol. The molecule has 0 amide bonds. The smallest absolute Gasteiger partial charge is 0.225 e. The van der Waals surface area contributed by atoms with E-state index < -0.39 is 0 Å². The molecule has 3 rings (SSSR count). The molecule has 6 nitrogen and oxygen atoms in total. The highest BCUT2D eigenvalue weighted by Gasteiger charge is 2.17. The van der Waals surface area contributed by atoms with Gasteiger partial charge in [0.1, 0.15) is 0 Å². The standard InChI is InChI=1S/C18H26N6S/c1-3-15(2)25-18-21-12-16(13-22-18)14-23-8-5-9-24(11-10-23)17-19-6-4-7-20-17/h4,6-7,12-13,15H,3,5,8-11,14H2,1-2H3/t15-/m0/s1. The van der Waals surface area contributed by atoms with Gasteiger partial charge < -0.3 is 4.90 Å². The van der Waals surface area contributed by atoms with Crippen LogP contribution in [0.1, 0.15) is 32.3 Å². The van der Waals surface area contributed by atoms with Gasteiger partial charge in [-0.3, -0.25) is 4.90 Å². The molecule has 0 aliphatic carbocycles. The van der Waals surface area contributed by atoms with Crippen LogP contribution >= 0.6 is 11.8 Å². The number of hydrogen-bond donors (Lipinski definition) is 0. The first-order chi connectivity index (χ1) is 12.2. The Hall–Kier alpha value is -1.73. The molecule has 2 aromatic rings. The van der Waals surface area contributed by atoms with Crippen LogP contribution in [-0.2, 0) is 6.54 Å². The van der Waals surface area contributed by atoms with Crippen molar-refractivity contribution in [3.8, 4) is 0 Å². The molecule has 0 spiro atoms. The Morgan fingerprint density at radius 2 is 1.80 bits per heavy atom. The minimum Gasteiger partial charge on any atom is -0.339 e. The highest BCUT2D eigenvalue weighted by atomic mass is 32.2. The summed E-state index contributed by atoms with van der Waals surface area (Å²) in [7, 11) is 0. The van der Waals surface area contributed by atoms with Crippen molar-refractivity contribution in [1.29, 1.82) is 0 Å². The first kappa shape index (κ1) is 18.1. The summed E-state index contributed by atoms with van der Waals surface area (Å²) < 4.78 is 0. The molecule has 0 saturated carbocycles. The van der Waals surface area contributed by atoms with E-state index in [1.54, 1.807) is 24.2 Å². The van der Waals surface area contributed by atoms with E-state index in [9.17, 15) is 0 Å². The van der Waals surface area contributed by atoms with Gasteiger partial charge in [-0.2, -0.15) is 0 Å². The number of nitrogens with zero attached hydrogens (tertiary/aromatic N) is 6. The van der Waals surface area contributed by atoms with E-state index in [-0.39, 0.29) is 0 Å². The lowest BCUT2D eigenvalue weighted by molar-refractivity contribution is 0.284. The summed E-state index contributed by atoms with van der Waals surface area (Å²) in [4.78, 5) is 22.5. The quantitative estimate of drug-likeness (QED) is 0.581. The van der Waals surface area contributed by atoms with Gasteiger partial charge >= 0.3 is 0 Å². The topological polar surface area (TPSA) is 58.0 Å². The van der Waals surface area contributed by atoms with E-state index >= 15 is 0 Å². The summed E-state index contributed by atoms with van der Waals surface area (Å²) in [5.41, 5.74) is 1.18. The molecule has 0 unspecified atom stereocenters. The minimum absolute atomic E-state index is 0.558. The Labute approximate surface area is 154 Å². The van der Waals surface area contributed by atoms with Gasteiger partial charge in [0.2, 0.25) is 5.95 Å². The number of rotatable bonds is 6. The van der Waals surface area contributed by atoms with Gasteiger partial charge in [-0.15, -0.1) is 0 Å². The summed E-state index contributed by atoms with van der Waals surface area (Å²) in [6, 6.07) is 1.86. The summed E-state index contributed by atoms with van der Waals surface area (Å²) in [5, 5.41) is 1.43. The molecule has 1 aliphatic rings. The minimum atomic E-state index is 0.558. The molecule has 0 N–H and O–H groups in total. The van der Waals surface area contributed by atoms with E-state index in [0.717, 1.165) is 56.7 Å². The molecule has 134 valence electrons. The third kappa shape index (κ3) is 5.37. The van der Waals surface area contributed by atoms with Crippen LogP contribution in [0.3, 0.4) is 0 Å². The van der Waals surface area contributed by atoms with Crippen LogP contribution < -0.4 is 4.90 Å². The Morgan fingerprint density at radius 3 is 2.52 bits per heavy atom. The van der Waals surface area contributed by atoms with Crippen molar-refractivity contribution in [3.05, 3.63) is 36.4 Å². The number of hydrogen-bond acceptors (Lipinski definition) is 7. The van der Waals surface area contributed by atoms with Crippen molar-refractivity contribution >= 4 is 17.7 Å². The van der Waals surface area contributed by atoms with Gasteiger partial charge in [0.25, 0.3) is 0 Å². The van der Waals surface area contributed by atoms with Crippen molar-refractivity contribution in [2.75, 3.05) is 31.1 Å². The SMILES string of the molecule is CC[C@H](C)Sc1ncc(CN2CCCN(c3ncccn3)CC2)cn1. The van der Waals surface area contributed by atoms with Gasteiger partial charge in [0.05, 0.1) is 0 Å². The van der Waals surface area contributed by atoms with Crippen LogP contribution in [-0.4, -0.2) is 56.3 Å². The van der Waals surface area contributed by atoms with Crippen molar-refractivity contribution in [1.82, 2.24) is 24.8 Å². The van der Waals surface area contributed by atoms with Crippen LogP contribution in [0.5, 0.6) is 0 Å². The third-order valence-electron chi connectivity index (χ3n) is 4.39.